The average molecular weight is 489 g/mol. The lowest BCUT2D eigenvalue weighted by atomic mass is 10.1. The molecule has 0 amide bonds. The van der Waals surface area contributed by atoms with Gasteiger partial charge in [0.15, 0.2) is 5.96 Å². The van der Waals surface area contributed by atoms with Crippen LogP contribution in [0.3, 0.4) is 0 Å². The van der Waals surface area contributed by atoms with Gasteiger partial charge in [-0.3, -0.25) is 10.1 Å². The summed E-state index contributed by atoms with van der Waals surface area (Å²) in [6.45, 7) is 3.57. The van der Waals surface area contributed by atoms with E-state index < -0.39 is 0 Å². The average Bonchev–Trinajstić information content (AvgIpc) is 2.61. The lowest BCUT2D eigenvalue weighted by Gasteiger charge is -2.12. The van der Waals surface area contributed by atoms with Crippen LogP contribution < -0.4 is 10.6 Å². The fraction of sp³-hybridized carbons (Fsp3) is 0.278. The van der Waals surface area contributed by atoms with Gasteiger partial charge in [-0.05, 0) is 25.0 Å². The number of nitro benzene ring substituents is 1. The molecule has 0 aromatic heterocycles. The van der Waals surface area contributed by atoms with Gasteiger partial charge in [0.05, 0.1) is 17.0 Å². The van der Waals surface area contributed by atoms with Crippen molar-refractivity contribution in [2.24, 2.45) is 4.99 Å². The largest absolute Gasteiger partial charge is 0.357 e. The fourth-order valence-corrected chi connectivity index (χ4v) is 2.58. The quantitative estimate of drug-likeness (QED) is 0.202. The summed E-state index contributed by atoms with van der Waals surface area (Å²) in [4.78, 5) is 15.1. The van der Waals surface area contributed by atoms with Gasteiger partial charge >= 0.3 is 0 Å². The number of nitro groups is 1. The second kappa shape index (κ2) is 11.7. The van der Waals surface area contributed by atoms with Crippen LogP contribution in [0.25, 0.3) is 0 Å². The molecule has 0 atom stereocenters. The van der Waals surface area contributed by atoms with Crippen LogP contribution in [0.15, 0.2) is 53.5 Å². The van der Waals surface area contributed by atoms with E-state index in [0.29, 0.717) is 24.6 Å². The Morgan fingerprint density at radius 3 is 2.42 bits per heavy atom. The standard InChI is InChI=1S/C18H21ClN4O2.HI/c1-2-20-18(21-12-11-14-7-3-5-9-16(14)19)22-13-15-8-4-6-10-17(15)23(24)25;/h3-10H,2,11-13H2,1H3,(H2,20,21,22);1H. The van der Waals surface area contributed by atoms with E-state index in [1.165, 1.54) is 6.07 Å². The predicted octanol–water partition coefficient (Wildman–Crippen LogP) is 4.16. The Morgan fingerprint density at radius 2 is 1.77 bits per heavy atom. The molecule has 0 saturated heterocycles. The molecule has 0 unspecified atom stereocenters. The van der Waals surface area contributed by atoms with Crippen molar-refractivity contribution in [3.05, 3.63) is 74.8 Å². The third-order valence-electron chi connectivity index (χ3n) is 3.58. The van der Waals surface area contributed by atoms with E-state index in [1.54, 1.807) is 18.2 Å². The van der Waals surface area contributed by atoms with Gasteiger partial charge in [0.2, 0.25) is 0 Å². The number of para-hydroxylation sites is 1. The lowest BCUT2D eigenvalue weighted by molar-refractivity contribution is -0.385. The summed E-state index contributed by atoms with van der Waals surface area (Å²) in [6.07, 6.45) is 0.759. The van der Waals surface area contributed by atoms with Crippen molar-refractivity contribution < 1.29 is 4.92 Å². The van der Waals surface area contributed by atoms with Crippen LogP contribution in [-0.4, -0.2) is 24.0 Å². The molecule has 0 aliphatic rings. The summed E-state index contributed by atoms with van der Waals surface area (Å²) in [7, 11) is 0. The van der Waals surface area contributed by atoms with Gasteiger partial charge in [0.25, 0.3) is 5.69 Å². The van der Waals surface area contributed by atoms with E-state index in [-0.39, 0.29) is 41.1 Å². The molecule has 26 heavy (non-hydrogen) atoms. The molecule has 0 heterocycles. The van der Waals surface area contributed by atoms with E-state index in [4.69, 9.17) is 11.6 Å². The number of nitrogens with zero attached hydrogens (tertiary/aromatic N) is 2. The maximum absolute atomic E-state index is 11.1. The van der Waals surface area contributed by atoms with Crippen LogP contribution in [0, 0.1) is 10.1 Å². The van der Waals surface area contributed by atoms with Gasteiger partial charge in [-0.25, -0.2) is 4.99 Å². The van der Waals surface area contributed by atoms with Crippen molar-refractivity contribution in [2.75, 3.05) is 13.1 Å². The first-order valence-electron chi connectivity index (χ1n) is 8.09. The van der Waals surface area contributed by atoms with Crippen molar-refractivity contribution in [1.29, 1.82) is 0 Å². The first-order chi connectivity index (χ1) is 12.1. The van der Waals surface area contributed by atoms with E-state index >= 15 is 0 Å². The van der Waals surface area contributed by atoms with E-state index in [2.05, 4.69) is 15.6 Å². The first kappa shape index (κ1) is 22.2. The molecule has 0 spiro atoms. The molecule has 0 bridgehead atoms. The number of hydrogen-bond acceptors (Lipinski definition) is 3. The van der Waals surface area contributed by atoms with Gasteiger partial charge in [0.1, 0.15) is 0 Å². The number of halogens is 2. The number of hydrogen-bond donors (Lipinski definition) is 2. The zero-order valence-corrected chi connectivity index (χ0v) is 17.5. The van der Waals surface area contributed by atoms with Crippen molar-refractivity contribution in [2.45, 2.75) is 19.9 Å². The molecule has 0 fully saturated rings. The van der Waals surface area contributed by atoms with Gasteiger partial charge in [0, 0.05) is 24.2 Å². The highest BCUT2D eigenvalue weighted by Gasteiger charge is 2.11. The molecular formula is C18H22ClIN4O2. The maximum Gasteiger partial charge on any atom is 0.274 e. The van der Waals surface area contributed by atoms with Crippen molar-refractivity contribution in [3.8, 4) is 0 Å². The van der Waals surface area contributed by atoms with Crippen molar-refractivity contribution in [1.82, 2.24) is 10.6 Å². The Hall–Kier alpha value is -1.87. The number of rotatable bonds is 7. The fourth-order valence-electron chi connectivity index (χ4n) is 2.35. The highest BCUT2D eigenvalue weighted by Crippen LogP contribution is 2.18. The van der Waals surface area contributed by atoms with Crippen LogP contribution in [-0.2, 0) is 13.0 Å². The summed E-state index contributed by atoms with van der Waals surface area (Å²) in [5.41, 5.74) is 1.72. The topological polar surface area (TPSA) is 79.6 Å². The molecule has 0 radical (unpaired) electrons. The van der Waals surface area contributed by atoms with E-state index in [9.17, 15) is 10.1 Å². The van der Waals surface area contributed by atoms with E-state index in [0.717, 1.165) is 17.0 Å². The van der Waals surface area contributed by atoms with Gasteiger partial charge in [-0.2, -0.15) is 0 Å². The second-order valence-electron chi connectivity index (χ2n) is 5.35. The SMILES string of the molecule is CCNC(=NCc1ccccc1[N+](=O)[O-])NCCc1ccccc1Cl.I. The highest BCUT2D eigenvalue weighted by atomic mass is 127. The van der Waals surface area contributed by atoms with Crippen LogP contribution >= 0.6 is 35.6 Å². The normalized spacial score (nSPS) is 10.8. The number of guanidine groups is 1. The lowest BCUT2D eigenvalue weighted by Crippen LogP contribution is -2.38. The molecular weight excluding hydrogens is 467 g/mol. The summed E-state index contributed by atoms with van der Waals surface area (Å²) >= 11 is 6.15. The smallest absolute Gasteiger partial charge is 0.274 e. The molecule has 2 N–H and O–H groups in total. The molecule has 0 aliphatic heterocycles. The Kier molecular flexibility index (Phi) is 9.97. The van der Waals surface area contributed by atoms with E-state index in [1.807, 2.05) is 31.2 Å². The molecule has 2 rings (SSSR count). The predicted molar refractivity (Wildman–Crippen MR) is 116 cm³/mol. The third kappa shape index (κ3) is 6.80. The molecule has 8 heteroatoms. The minimum Gasteiger partial charge on any atom is -0.357 e. The zero-order valence-electron chi connectivity index (χ0n) is 14.4. The summed E-state index contributed by atoms with van der Waals surface area (Å²) < 4.78 is 0. The van der Waals surface area contributed by atoms with Crippen molar-refractivity contribution >= 4 is 47.2 Å². The number of aliphatic imine (C=N–C) groups is 1. The Labute approximate surface area is 175 Å². The first-order valence-corrected chi connectivity index (χ1v) is 8.47. The molecule has 2 aromatic carbocycles. The maximum atomic E-state index is 11.1. The Bertz CT molecular complexity index is 755. The number of nitrogens with one attached hydrogen (secondary N) is 2. The summed E-state index contributed by atoms with van der Waals surface area (Å²) in [5, 5.41) is 18.2. The van der Waals surface area contributed by atoms with Gasteiger partial charge in [-0.15, -0.1) is 24.0 Å². The molecule has 0 aliphatic carbocycles. The van der Waals surface area contributed by atoms with Crippen LogP contribution in [0.2, 0.25) is 5.02 Å². The monoisotopic (exact) mass is 488 g/mol. The molecule has 140 valence electrons. The Balaban J connectivity index is 0.00000338. The van der Waals surface area contributed by atoms with Crippen molar-refractivity contribution in [3.63, 3.8) is 0 Å². The minimum atomic E-state index is -0.386. The van der Waals surface area contributed by atoms with Crippen LogP contribution in [0.4, 0.5) is 5.69 Å². The second-order valence-corrected chi connectivity index (χ2v) is 5.76. The molecule has 2 aromatic rings. The van der Waals surface area contributed by atoms with Crippen LogP contribution in [0.1, 0.15) is 18.1 Å². The van der Waals surface area contributed by atoms with Gasteiger partial charge in [-0.1, -0.05) is 48.0 Å². The minimum absolute atomic E-state index is 0. The third-order valence-corrected chi connectivity index (χ3v) is 3.95. The number of benzene rings is 2. The summed E-state index contributed by atoms with van der Waals surface area (Å²) in [6, 6.07) is 14.3. The summed E-state index contributed by atoms with van der Waals surface area (Å²) in [5.74, 6) is 0.618. The highest BCUT2D eigenvalue weighted by molar-refractivity contribution is 14.0. The zero-order chi connectivity index (χ0) is 18.1. The molecule has 6 nitrogen and oxygen atoms in total. The molecule has 0 saturated carbocycles. The van der Waals surface area contributed by atoms with Gasteiger partial charge < -0.3 is 10.6 Å². The van der Waals surface area contributed by atoms with Crippen LogP contribution in [0.5, 0.6) is 0 Å². The Morgan fingerprint density at radius 1 is 1.12 bits per heavy atom.